The smallest absolute Gasteiger partial charge is 0.374 e. The van der Waals surface area contributed by atoms with Crippen molar-refractivity contribution in [1.29, 1.82) is 0 Å². The van der Waals surface area contributed by atoms with Gasteiger partial charge in [-0.15, -0.1) is 0 Å². The molecule has 1 N–H and O–H groups in total. The van der Waals surface area contributed by atoms with Crippen LogP contribution in [-0.4, -0.2) is 70.2 Å². The van der Waals surface area contributed by atoms with Gasteiger partial charge >= 0.3 is 23.9 Å². The van der Waals surface area contributed by atoms with E-state index in [1.807, 2.05) is 0 Å². The predicted octanol–water partition coefficient (Wildman–Crippen LogP) is 4.10. The number of hydrogen-bond acceptors (Lipinski definition) is 13. The first kappa shape index (κ1) is 30.7. The van der Waals surface area contributed by atoms with Crippen LogP contribution in [0.3, 0.4) is 0 Å². The highest BCUT2D eigenvalue weighted by Gasteiger charge is 2.84. The van der Waals surface area contributed by atoms with E-state index in [-0.39, 0.29) is 30.1 Å². The Morgan fingerprint density at radius 1 is 0.756 bits per heavy atom. The predicted molar refractivity (Wildman–Crippen MR) is 149 cm³/mol. The monoisotopic (exact) mass is 626 g/mol. The molecule has 3 fully saturated rings. The van der Waals surface area contributed by atoms with Gasteiger partial charge in [0.25, 0.3) is 0 Å². The molecule has 2 aliphatic carbocycles. The molecule has 3 aromatic heterocycles. The Balaban J connectivity index is 1.51. The Kier molecular flexibility index (Phi) is 7.24. The molecule has 0 radical (unpaired) electrons. The molecule has 1 saturated heterocycles. The van der Waals surface area contributed by atoms with Crippen LogP contribution in [0, 0.1) is 11.3 Å². The summed E-state index contributed by atoms with van der Waals surface area (Å²) in [7, 11) is 0. The highest BCUT2D eigenvalue weighted by molar-refractivity contribution is 5.87. The number of carbonyl (C=O) groups excluding carboxylic acids is 4. The van der Waals surface area contributed by atoms with Gasteiger partial charge in [-0.1, -0.05) is 0 Å². The summed E-state index contributed by atoms with van der Waals surface area (Å²) in [6.45, 7) is 7.80. The maximum Gasteiger partial charge on any atom is 0.374 e. The number of fused-ring (bicyclic) bond motifs is 1. The van der Waals surface area contributed by atoms with E-state index in [1.54, 1.807) is 20.8 Å². The highest BCUT2D eigenvalue weighted by atomic mass is 16.6. The second-order valence-electron chi connectivity index (χ2n) is 12.7. The topological polar surface area (TPSA) is 174 Å². The van der Waals surface area contributed by atoms with Crippen molar-refractivity contribution < 1.29 is 61.2 Å². The van der Waals surface area contributed by atoms with E-state index in [2.05, 4.69) is 0 Å². The maximum atomic E-state index is 13.4. The lowest BCUT2D eigenvalue weighted by atomic mass is 9.47. The molecule has 6 rings (SSSR count). The van der Waals surface area contributed by atoms with E-state index in [0.717, 1.165) is 0 Å². The average Bonchev–Trinajstić information content (AvgIpc) is 3.77. The minimum absolute atomic E-state index is 0.0422. The lowest BCUT2D eigenvalue weighted by Crippen LogP contribution is -2.81. The van der Waals surface area contributed by atoms with Crippen molar-refractivity contribution in [2.45, 2.75) is 88.7 Å². The third kappa shape index (κ3) is 4.67. The van der Waals surface area contributed by atoms with Gasteiger partial charge in [0, 0.05) is 19.3 Å². The average molecular weight is 627 g/mol. The molecule has 45 heavy (non-hydrogen) atoms. The zero-order valence-corrected chi connectivity index (χ0v) is 25.3. The first-order valence-corrected chi connectivity index (χ1v) is 14.5. The lowest BCUT2D eigenvalue weighted by molar-refractivity contribution is -0.342. The highest BCUT2D eigenvalue weighted by Crippen LogP contribution is 2.69. The van der Waals surface area contributed by atoms with Gasteiger partial charge in [-0.2, -0.15) is 0 Å². The van der Waals surface area contributed by atoms with Crippen LogP contribution in [0.1, 0.15) is 79.1 Å². The first-order valence-electron chi connectivity index (χ1n) is 14.5. The standard InChI is InChI=1S/C32H34O13/c1-17(33)41-25-22(42-26(34)19-9-6-12-38-19)16-30(4,37)32-24(44-28(36)21-11-8-14-40-21)18(29(2,3)45-32)15-23(31(25,32)5)43-27(35)20-10-7-13-39-20/h6-14,18,22-25,37H,15-16H2,1-5H3/t18-,22+,23+,24-,25+,30+,31-,32+/m1/s1. The summed E-state index contributed by atoms with van der Waals surface area (Å²) in [6, 6.07) is 8.84. The molecule has 13 heteroatoms. The van der Waals surface area contributed by atoms with Gasteiger partial charge in [-0.3, -0.25) is 4.79 Å². The van der Waals surface area contributed by atoms with Gasteiger partial charge in [-0.05, 0) is 70.5 Å². The number of hydrogen-bond donors (Lipinski definition) is 1. The number of rotatable bonds is 7. The molecule has 2 bridgehead atoms. The van der Waals surface area contributed by atoms with Crippen LogP contribution in [0.15, 0.2) is 68.4 Å². The van der Waals surface area contributed by atoms with Crippen LogP contribution in [0.25, 0.3) is 0 Å². The summed E-state index contributed by atoms with van der Waals surface area (Å²) in [6.07, 6.45) is -1.29. The summed E-state index contributed by atoms with van der Waals surface area (Å²) in [5.74, 6) is -4.15. The van der Waals surface area contributed by atoms with Gasteiger partial charge in [-0.25, -0.2) is 14.4 Å². The lowest BCUT2D eigenvalue weighted by Gasteiger charge is -2.65. The summed E-state index contributed by atoms with van der Waals surface area (Å²) >= 11 is 0. The Bertz CT molecular complexity index is 1570. The van der Waals surface area contributed by atoms with E-state index in [4.69, 9.17) is 36.9 Å². The molecule has 0 unspecified atom stereocenters. The van der Waals surface area contributed by atoms with Crippen molar-refractivity contribution in [1.82, 2.24) is 0 Å². The molecule has 0 aromatic carbocycles. The second-order valence-corrected chi connectivity index (χ2v) is 12.7. The van der Waals surface area contributed by atoms with Crippen LogP contribution in [0.5, 0.6) is 0 Å². The zero-order chi connectivity index (χ0) is 32.4. The fraction of sp³-hybridized carbons (Fsp3) is 0.500. The third-order valence-corrected chi connectivity index (χ3v) is 9.55. The van der Waals surface area contributed by atoms with Crippen molar-refractivity contribution in [2.75, 3.05) is 0 Å². The normalized spacial score (nSPS) is 34.8. The largest absolute Gasteiger partial charge is 0.458 e. The fourth-order valence-corrected chi connectivity index (χ4v) is 7.72. The van der Waals surface area contributed by atoms with Crippen LogP contribution in [-0.2, 0) is 28.5 Å². The van der Waals surface area contributed by atoms with Crippen molar-refractivity contribution in [3.05, 3.63) is 72.5 Å². The van der Waals surface area contributed by atoms with Crippen LogP contribution in [0.4, 0.5) is 0 Å². The second kappa shape index (κ2) is 10.6. The Labute approximate surface area is 257 Å². The maximum absolute atomic E-state index is 13.4. The molecule has 3 aliphatic rings. The third-order valence-electron chi connectivity index (χ3n) is 9.55. The molecule has 0 amide bonds. The van der Waals surface area contributed by atoms with Crippen molar-refractivity contribution in [3.63, 3.8) is 0 Å². The van der Waals surface area contributed by atoms with Gasteiger partial charge in [0.2, 0.25) is 17.3 Å². The minimum atomic E-state index is -1.94. The summed E-state index contributed by atoms with van der Waals surface area (Å²) in [5.41, 5.74) is -6.59. The SMILES string of the molecule is CC(=O)O[C@H]1[C@@H](OC(=O)c2ccco2)C[C@](C)(O)[C@]23OC(C)(C)[C@H](C[C@H](OC(=O)c4ccco4)[C@]12C)[C@H]3OC(=O)c1ccco1. The summed E-state index contributed by atoms with van der Waals surface area (Å²) in [5, 5.41) is 12.5. The Morgan fingerprint density at radius 3 is 1.76 bits per heavy atom. The van der Waals surface area contributed by atoms with Crippen molar-refractivity contribution in [2.24, 2.45) is 11.3 Å². The van der Waals surface area contributed by atoms with Crippen LogP contribution < -0.4 is 0 Å². The van der Waals surface area contributed by atoms with Gasteiger partial charge < -0.3 is 42.0 Å². The summed E-state index contributed by atoms with van der Waals surface area (Å²) in [4.78, 5) is 52.6. The molecular weight excluding hydrogens is 592 g/mol. The van der Waals surface area contributed by atoms with E-state index in [1.165, 1.54) is 69.0 Å². The number of ether oxygens (including phenoxy) is 5. The van der Waals surface area contributed by atoms with Crippen molar-refractivity contribution in [3.8, 4) is 0 Å². The molecule has 3 aromatic rings. The number of furan rings is 3. The number of esters is 4. The molecule has 1 spiro atoms. The van der Waals surface area contributed by atoms with Gasteiger partial charge in [0.1, 0.15) is 23.9 Å². The van der Waals surface area contributed by atoms with E-state index in [0.29, 0.717) is 0 Å². The van der Waals surface area contributed by atoms with E-state index >= 15 is 0 Å². The number of aliphatic hydroxyl groups is 1. The zero-order valence-electron chi connectivity index (χ0n) is 25.3. The van der Waals surface area contributed by atoms with Crippen molar-refractivity contribution >= 4 is 23.9 Å². The van der Waals surface area contributed by atoms with Crippen LogP contribution in [0.2, 0.25) is 0 Å². The molecule has 2 saturated carbocycles. The molecule has 13 nitrogen and oxygen atoms in total. The number of carbonyl (C=O) groups is 4. The Hall–Kier alpha value is -4.36. The first-order chi connectivity index (χ1) is 21.2. The van der Waals surface area contributed by atoms with E-state index < -0.39 is 76.4 Å². The fourth-order valence-electron chi connectivity index (χ4n) is 7.72. The van der Waals surface area contributed by atoms with Gasteiger partial charge in [0.15, 0.2) is 6.10 Å². The molecule has 8 atom stereocenters. The summed E-state index contributed by atoms with van der Waals surface area (Å²) < 4.78 is 46.6. The van der Waals surface area contributed by atoms with Crippen LogP contribution >= 0.6 is 0 Å². The molecule has 240 valence electrons. The van der Waals surface area contributed by atoms with Gasteiger partial charge in [0.05, 0.1) is 35.4 Å². The molecular formula is C32H34O13. The molecule has 4 heterocycles. The molecule has 1 aliphatic heterocycles. The Morgan fingerprint density at radius 2 is 1.27 bits per heavy atom. The van der Waals surface area contributed by atoms with E-state index in [9.17, 15) is 24.3 Å². The minimum Gasteiger partial charge on any atom is -0.458 e. The quantitative estimate of drug-likeness (QED) is 0.293.